The highest BCUT2D eigenvalue weighted by Crippen LogP contribution is 2.28. The Hall–Kier alpha value is -2.87. The standard InChI is InChI=1S/C11H15N.C10H8F3NO3/c1-12-11-8-4-6-9-5-2-3-7-10(9)11;11-10(12,13)17-8-3-1-7(2-4-8)9(16)14-5-6-15/h2-3,5,7,11-12H,4,6,8H2,1H3;1-4,6H,5H2,(H,14,16). The summed E-state index contributed by atoms with van der Waals surface area (Å²) in [5.41, 5.74) is 3.18. The van der Waals surface area contributed by atoms with Crippen LogP contribution < -0.4 is 15.4 Å². The van der Waals surface area contributed by atoms with Crippen LogP contribution in [-0.2, 0) is 11.2 Å². The molecule has 2 aromatic rings. The first-order valence-corrected chi connectivity index (χ1v) is 9.16. The van der Waals surface area contributed by atoms with E-state index in [-0.39, 0.29) is 12.1 Å². The predicted molar refractivity (Wildman–Crippen MR) is 103 cm³/mol. The zero-order valence-corrected chi connectivity index (χ0v) is 16.0. The van der Waals surface area contributed by atoms with Crippen molar-refractivity contribution in [3.63, 3.8) is 0 Å². The Bertz CT molecular complexity index is 808. The van der Waals surface area contributed by atoms with Crippen LogP contribution in [0.2, 0.25) is 0 Å². The number of hydrogen-bond acceptors (Lipinski definition) is 4. The van der Waals surface area contributed by atoms with Gasteiger partial charge in [-0.2, -0.15) is 0 Å². The molecule has 1 atom stereocenters. The number of carbonyl (C=O) groups excluding carboxylic acids is 2. The summed E-state index contributed by atoms with van der Waals surface area (Å²) in [5.74, 6) is -0.958. The third-order valence-electron chi connectivity index (χ3n) is 4.41. The van der Waals surface area contributed by atoms with Crippen LogP contribution in [0.1, 0.15) is 40.4 Å². The molecule has 29 heavy (non-hydrogen) atoms. The monoisotopic (exact) mass is 408 g/mol. The van der Waals surface area contributed by atoms with Crippen molar-refractivity contribution in [2.75, 3.05) is 13.6 Å². The van der Waals surface area contributed by atoms with Gasteiger partial charge in [0, 0.05) is 11.6 Å². The average molecular weight is 408 g/mol. The van der Waals surface area contributed by atoms with Crippen molar-refractivity contribution in [2.24, 2.45) is 0 Å². The molecule has 0 saturated heterocycles. The summed E-state index contributed by atoms with van der Waals surface area (Å²) in [4.78, 5) is 21.3. The number of hydrogen-bond donors (Lipinski definition) is 2. The number of aldehydes is 1. The van der Waals surface area contributed by atoms with Gasteiger partial charge in [-0.05, 0) is 61.7 Å². The van der Waals surface area contributed by atoms with E-state index in [1.165, 1.54) is 42.5 Å². The van der Waals surface area contributed by atoms with Gasteiger partial charge in [0.25, 0.3) is 5.91 Å². The third kappa shape index (κ3) is 7.23. The van der Waals surface area contributed by atoms with Gasteiger partial charge in [-0.3, -0.25) is 4.79 Å². The molecule has 0 saturated carbocycles. The first kappa shape index (κ1) is 22.4. The lowest BCUT2D eigenvalue weighted by atomic mass is 9.88. The molecule has 1 aliphatic carbocycles. The van der Waals surface area contributed by atoms with E-state index in [0.29, 0.717) is 12.3 Å². The average Bonchev–Trinajstić information content (AvgIpc) is 2.71. The smallest absolute Gasteiger partial charge is 0.406 e. The summed E-state index contributed by atoms with van der Waals surface area (Å²) in [6.07, 6.45) is -0.398. The second kappa shape index (κ2) is 10.6. The summed E-state index contributed by atoms with van der Waals surface area (Å²) >= 11 is 0. The molecule has 8 heteroatoms. The maximum atomic E-state index is 11.8. The van der Waals surface area contributed by atoms with E-state index in [1.807, 2.05) is 7.05 Å². The normalized spacial score (nSPS) is 15.4. The van der Waals surface area contributed by atoms with Gasteiger partial charge in [0.05, 0.1) is 6.54 Å². The van der Waals surface area contributed by atoms with Gasteiger partial charge in [0.2, 0.25) is 0 Å². The quantitative estimate of drug-likeness (QED) is 0.739. The fourth-order valence-corrected chi connectivity index (χ4v) is 3.10. The van der Waals surface area contributed by atoms with Gasteiger partial charge in [0.1, 0.15) is 12.0 Å². The molecule has 0 radical (unpaired) electrons. The van der Waals surface area contributed by atoms with Gasteiger partial charge < -0.3 is 20.2 Å². The van der Waals surface area contributed by atoms with Crippen LogP contribution in [0.5, 0.6) is 5.75 Å². The molecule has 0 bridgehead atoms. The minimum atomic E-state index is -4.76. The Kier molecular flexibility index (Phi) is 8.21. The summed E-state index contributed by atoms with van der Waals surface area (Å²) in [7, 11) is 2.05. The Morgan fingerprint density at radius 2 is 1.86 bits per heavy atom. The third-order valence-corrected chi connectivity index (χ3v) is 4.41. The number of halogens is 3. The maximum absolute atomic E-state index is 11.8. The molecule has 5 nitrogen and oxygen atoms in total. The van der Waals surface area contributed by atoms with Crippen LogP contribution in [0.3, 0.4) is 0 Å². The van der Waals surface area contributed by atoms with Crippen LogP contribution in [0.25, 0.3) is 0 Å². The van der Waals surface area contributed by atoms with Gasteiger partial charge in [-0.15, -0.1) is 13.2 Å². The van der Waals surface area contributed by atoms with Crippen LogP contribution in [0.4, 0.5) is 13.2 Å². The number of ether oxygens (including phenoxy) is 1. The Labute approximate surface area is 167 Å². The number of carbonyl (C=O) groups is 2. The van der Waals surface area contributed by atoms with Crippen molar-refractivity contribution in [2.45, 2.75) is 31.7 Å². The molecule has 2 N–H and O–H groups in total. The van der Waals surface area contributed by atoms with Crippen molar-refractivity contribution in [3.05, 3.63) is 65.2 Å². The topological polar surface area (TPSA) is 67.4 Å². The first-order valence-electron chi connectivity index (χ1n) is 9.16. The Morgan fingerprint density at radius 3 is 2.48 bits per heavy atom. The van der Waals surface area contributed by atoms with Crippen molar-refractivity contribution >= 4 is 12.2 Å². The van der Waals surface area contributed by atoms with Gasteiger partial charge in [0.15, 0.2) is 0 Å². The zero-order chi connectivity index (χ0) is 21.3. The summed E-state index contributed by atoms with van der Waals surface area (Å²) in [6, 6.07) is 13.7. The minimum absolute atomic E-state index is 0.140. The summed E-state index contributed by atoms with van der Waals surface area (Å²) < 4.78 is 39.1. The predicted octanol–water partition coefficient (Wildman–Crippen LogP) is 3.80. The zero-order valence-electron chi connectivity index (χ0n) is 16.0. The lowest BCUT2D eigenvalue weighted by Crippen LogP contribution is -2.25. The van der Waals surface area contributed by atoms with Crippen LogP contribution in [0, 0.1) is 0 Å². The van der Waals surface area contributed by atoms with Gasteiger partial charge in [-0.25, -0.2) is 0 Å². The van der Waals surface area contributed by atoms with Crippen molar-refractivity contribution < 1.29 is 27.5 Å². The largest absolute Gasteiger partial charge is 0.573 e. The van der Waals surface area contributed by atoms with Crippen LogP contribution >= 0.6 is 0 Å². The minimum Gasteiger partial charge on any atom is -0.406 e. The molecule has 0 fully saturated rings. The number of nitrogens with one attached hydrogen (secondary N) is 2. The number of aryl methyl sites for hydroxylation is 1. The highest BCUT2D eigenvalue weighted by atomic mass is 19.4. The molecule has 1 unspecified atom stereocenters. The lowest BCUT2D eigenvalue weighted by molar-refractivity contribution is -0.274. The van der Waals surface area contributed by atoms with E-state index in [1.54, 1.807) is 0 Å². The maximum Gasteiger partial charge on any atom is 0.573 e. The van der Waals surface area contributed by atoms with E-state index in [2.05, 4.69) is 39.6 Å². The van der Waals surface area contributed by atoms with Crippen molar-refractivity contribution in [1.29, 1.82) is 0 Å². The number of alkyl halides is 3. The van der Waals surface area contributed by atoms with E-state index in [0.717, 1.165) is 12.1 Å². The second-order valence-electron chi connectivity index (χ2n) is 6.38. The van der Waals surface area contributed by atoms with Gasteiger partial charge >= 0.3 is 6.36 Å². The highest BCUT2D eigenvalue weighted by Gasteiger charge is 2.31. The molecule has 0 heterocycles. The molecule has 0 aliphatic heterocycles. The van der Waals surface area contributed by atoms with E-state index >= 15 is 0 Å². The molecule has 0 aromatic heterocycles. The number of rotatable bonds is 5. The van der Waals surface area contributed by atoms with E-state index in [9.17, 15) is 22.8 Å². The molecule has 156 valence electrons. The molecular weight excluding hydrogens is 385 g/mol. The Morgan fingerprint density at radius 1 is 1.17 bits per heavy atom. The SMILES string of the molecule is CNC1CCCc2ccccc21.O=CCNC(=O)c1ccc(OC(F)(F)F)cc1. The first-order chi connectivity index (χ1) is 13.8. The number of fused-ring (bicyclic) bond motifs is 1. The van der Waals surface area contributed by atoms with Crippen molar-refractivity contribution in [1.82, 2.24) is 10.6 Å². The Balaban J connectivity index is 0.000000218. The second-order valence-corrected chi connectivity index (χ2v) is 6.38. The summed E-state index contributed by atoms with van der Waals surface area (Å²) in [6.45, 7) is -0.153. The number of amides is 1. The molecule has 3 rings (SSSR count). The molecule has 2 aromatic carbocycles. The molecule has 1 amide bonds. The lowest BCUT2D eigenvalue weighted by Gasteiger charge is -2.24. The van der Waals surface area contributed by atoms with Crippen LogP contribution in [0.15, 0.2) is 48.5 Å². The molecule has 1 aliphatic rings. The van der Waals surface area contributed by atoms with E-state index in [4.69, 9.17) is 0 Å². The highest BCUT2D eigenvalue weighted by molar-refractivity contribution is 5.95. The fraction of sp³-hybridized carbons (Fsp3) is 0.333. The van der Waals surface area contributed by atoms with E-state index < -0.39 is 18.0 Å². The molecule has 0 spiro atoms. The fourth-order valence-electron chi connectivity index (χ4n) is 3.10. The van der Waals surface area contributed by atoms with Crippen LogP contribution in [-0.4, -0.2) is 32.1 Å². The molecular formula is C21H23F3N2O3. The van der Waals surface area contributed by atoms with Gasteiger partial charge in [-0.1, -0.05) is 24.3 Å². The number of benzene rings is 2. The van der Waals surface area contributed by atoms with Crippen molar-refractivity contribution in [3.8, 4) is 5.75 Å². The summed E-state index contributed by atoms with van der Waals surface area (Å²) in [5, 5.41) is 5.61.